The van der Waals surface area contributed by atoms with Gasteiger partial charge in [-0.05, 0) is 54.8 Å². The lowest BCUT2D eigenvalue weighted by Crippen LogP contribution is -2.33. The van der Waals surface area contributed by atoms with E-state index in [1.807, 2.05) is 48.5 Å². The Morgan fingerprint density at radius 1 is 1.04 bits per heavy atom. The Morgan fingerprint density at radius 2 is 1.73 bits per heavy atom. The van der Waals surface area contributed by atoms with Crippen molar-refractivity contribution in [2.45, 2.75) is 44.8 Å². The van der Waals surface area contributed by atoms with Crippen LogP contribution in [0.5, 0.6) is 5.75 Å². The first-order chi connectivity index (χ1) is 12.7. The summed E-state index contributed by atoms with van der Waals surface area (Å²) in [6.45, 7) is 1.13. The van der Waals surface area contributed by atoms with Crippen LogP contribution in [0.4, 0.5) is 5.69 Å². The van der Waals surface area contributed by atoms with Crippen LogP contribution in [0.3, 0.4) is 0 Å². The van der Waals surface area contributed by atoms with Gasteiger partial charge in [-0.15, -0.1) is 0 Å². The SMILES string of the molecule is O=C(CCNc1ccc(OCc2ccc(Cl)cc2)cc1)NC1CCCC1. The minimum atomic E-state index is 0.132. The molecule has 3 rings (SSSR count). The van der Waals surface area contributed by atoms with Crippen molar-refractivity contribution in [3.63, 3.8) is 0 Å². The van der Waals surface area contributed by atoms with Crippen molar-refractivity contribution in [1.29, 1.82) is 0 Å². The summed E-state index contributed by atoms with van der Waals surface area (Å²) >= 11 is 5.88. The lowest BCUT2D eigenvalue weighted by atomic mass is 10.2. The molecule has 0 atom stereocenters. The van der Waals surface area contributed by atoms with E-state index in [1.54, 1.807) is 0 Å². The Kier molecular flexibility index (Phi) is 6.78. The molecule has 1 aliphatic carbocycles. The first-order valence-electron chi connectivity index (χ1n) is 9.19. The van der Waals surface area contributed by atoms with Gasteiger partial charge >= 0.3 is 0 Å². The van der Waals surface area contributed by atoms with Crippen molar-refractivity contribution >= 4 is 23.2 Å². The van der Waals surface area contributed by atoms with Crippen LogP contribution in [-0.2, 0) is 11.4 Å². The summed E-state index contributed by atoms with van der Waals surface area (Å²) in [6, 6.07) is 15.8. The molecule has 5 heteroatoms. The molecule has 0 aliphatic heterocycles. The Balaban J connectivity index is 1.37. The molecule has 0 spiro atoms. The number of carbonyl (C=O) groups excluding carboxylic acids is 1. The fraction of sp³-hybridized carbons (Fsp3) is 0.381. The van der Waals surface area contributed by atoms with Crippen molar-refractivity contribution in [3.8, 4) is 5.75 Å². The number of carbonyl (C=O) groups is 1. The molecule has 0 heterocycles. The first-order valence-corrected chi connectivity index (χ1v) is 9.57. The van der Waals surface area contributed by atoms with E-state index in [2.05, 4.69) is 10.6 Å². The molecule has 4 nitrogen and oxygen atoms in total. The van der Waals surface area contributed by atoms with E-state index in [9.17, 15) is 4.79 Å². The van der Waals surface area contributed by atoms with Crippen LogP contribution in [0.1, 0.15) is 37.7 Å². The number of ether oxygens (including phenoxy) is 1. The molecule has 2 N–H and O–H groups in total. The zero-order chi connectivity index (χ0) is 18.2. The fourth-order valence-electron chi connectivity index (χ4n) is 3.11. The number of hydrogen-bond acceptors (Lipinski definition) is 3. The molecule has 1 fully saturated rings. The van der Waals surface area contributed by atoms with Crippen LogP contribution < -0.4 is 15.4 Å². The lowest BCUT2D eigenvalue weighted by molar-refractivity contribution is -0.121. The van der Waals surface area contributed by atoms with Gasteiger partial charge in [0.2, 0.25) is 5.91 Å². The highest BCUT2D eigenvalue weighted by Crippen LogP contribution is 2.19. The zero-order valence-electron chi connectivity index (χ0n) is 14.8. The summed E-state index contributed by atoms with van der Waals surface area (Å²) in [5.41, 5.74) is 2.06. The Bertz CT molecular complexity index is 695. The molecule has 2 aromatic rings. The summed E-state index contributed by atoms with van der Waals surface area (Å²) in [5.74, 6) is 0.941. The average Bonchev–Trinajstić information content (AvgIpc) is 3.15. The normalized spacial score (nSPS) is 14.2. The van der Waals surface area contributed by atoms with Gasteiger partial charge in [0.15, 0.2) is 0 Å². The van der Waals surface area contributed by atoms with Crippen molar-refractivity contribution < 1.29 is 9.53 Å². The maximum absolute atomic E-state index is 11.9. The second-order valence-electron chi connectivity index (χ2n) is 6.67. The lowest BCUT2D eigenvalue weighted by Gasteiger charge is -2.12. The molecule has 1 amide bonds. The highest BCUT2D eigenvalue weighted by molar-refractivity contribution is 6.30. The third-order valence-corrected chi connectivity index (χ3v) is 4.83. The quantitative estimate of drug-likeness (QED) is 0.701. The third kappa shape index (κ3) is 5.95. The van der Waals surface area contributed by atoms with Crippen LogP contribution >= 0.6 is 11.6 Å². The molecular formula is C21H25ClN2O2. The number of anilines is 1. The van der Waals surface area contributed by atoms with Crippen molar-refractivity contribution in [3.05, 3.63) is 59.1 Å². The van der Waals surface area contributed by atoms with Gasteiger partial charge in [-0.2, -0.15) is 0 Å². The predicted octanol–water partition coefficient (Wildman–Crippen LogP) is 4.78. The summed E-state index contributed by atoms with van der Waals surface area (Å²) in [6.07, 6.45) is 5.20. The average molecular weight is 373 g/mol. The fourth-order valence-corrected chi connectivity index (χ4v) is 3.23. The highest BCUT2D eigenvalue weighted by Gasteiger charge is 2.16. The van der Waals surface area contributed by atoms with Gasteiger partial charge in [0.05, 0.1) is 0 Å². The van der Waals surface area contributed by atoms with Gasteiger partial charge in [0.1, 0.15) is 12.4 Å². The zero-order valence-corrected chi connectivity index (χ0v) is 15.6. The van der Waals surface area contributed by atoms with E-state index in [0.29, 0.717) is 25.6 Å². The number of hydrogen-bond donors (Lipinski definition) is 2. The number of rotatable bonds is 8. The smallest absolute Gasteiger partial charge is 0.221 e. The molecular weight excluding hydrogens is 348 g/mol. The largest absolute Gasteiger partial charge is 0.489 e. The van der Waals surface area contributed by atoms with Crippen LogP contribution in [0.15, 0.2) is 48.5 Å². The topological polar surface area (TPSA) is 50.4 Å². The summed E-state index contributed by atoms with van der Waals surface area (Å²) in [7, 11) is 0. The molecule has 26 heavy (non-hydrogen) atoms. The Morgan fingerprint density at radius 3 is 2.42 bits per heavy atom. The minimum Gasteiger partial charge on any atom is -0.489 e. The van der Waals surface area contributed by atoms with Crippen molar-refractivity contribution in [1.82, 2.24) is 5.32 Å². The number of benzene rings is 2. The van der Waals surface area contributed by atoms with Gasteiger partial charge in [0, 0.05) is 29.7 Å². The molecule has 0 unspecified atom stereocenters. The molecule has 138 valence electrons. The third-order valence-electron chi connectivity index (χ3n) is 4.57. The maximum Gasteiger partial charge on any atom is 0.221 e. The van der Waals surface area contributed by atoms with Crippen LogP contribution in [-0.4, -0.2) is 18.5 Å². The second kappa shape index (κ2) is 9.48. The minimum absolute atomic E-state index is 0.132. The van der Waals surface area contributed by atoms with Crippen LogP contribution in [0.25, 0.3) is 0 Å². The van der Waals surface area contributed by atoms with Crippen LogP contribution in [0, 0.1) is 0 Å². The van der Waals surface area contributed by atoms with E-state index in [0.717, 1.165) is 34.9 Å². The molecule has 1 aliphatic rings. The van der Waals surface area contributed by atoms with E-state index in [4.69, 9.17) is 16.3 Å². The molecule has 0 radical (unpaired) electrons. The Labute approximate surface area is 159 Å². The highest BCUT2D eigenvalue weighted by atomic mass is 35.5. The Hall–Kier alpha value is -2.20. The number of nitrogens with one attached hydrogen (secondary N) is 2. The molecule has 1 saturated carbocycles. The van der Waals surface area contributed by atoms with Gasteiger partial charge in [-0.3, -0.25) is 4.79 Å². The number of halogens is 1. The summed E-state index contributed by atoms with van der Waals surface area (Å²) in [4.78, 5) is 11.9. The summed E-state index contributed by atoms with van der Waals surface area (Å²) in [5, 5.41) is 7.10. The van der Waals surface area contributed by atoms with Gasteiger partial charge in [-0.25, -0.2) is 0 Å². The standard InChI is InChI=1S/C21H25ClN2O2/c22-17-7-5-16(6-8-17)15-26-20-11-9-18(10-12-20)23-14-13-21(25)24-19-3-1-2-4-19/h5-12,19,23H,1-4,13-15H2,(H,24,25). The monoisotopic (exact) mass is 372 g/mol. The van der Waals surface area contributed by atoms with Gasteiger partial charge in [0.25, 0.3) is 0 Å². The van der Waals surface area contributed by atoms with Crippen molar-refractivity contribution in [2.24, 2.45) is 0 Å². The first kappa shape index (κ1) is 18.6. The molecule has 0 bridgehead atoms. The summed E-state index contributed by atoms with van der Waals surface area (Å²) < 4.78 is 5.77. The van der Waals surface area contributed by atoms with E-state index in [1.165, 1.54) is 12.8 Å². The maximum atomic E-state index is 11.9. The number of amides is 1. The molecule has 0 aromatic heterocycles. The molecule has 2 aromatic carbocycles. The van der Waals surface area contributed by atoms with E-state index in [-0.39, 0.29) is 5.91 Å². The predicted molar refractivity (Wildman–Crippen MR) is 106 cm³/mol. The van der Waals surface area contributed by atoms with Gasteiger partial charge in [-0.1, -0.05) is 36.6 Å². The molecule has 0 saturated heterocycles. The van der Waals surface area contributed by atoms with E-state index < -0.39 is 0 Å². The van der Waals surface area contributed by atoms with Crippen LogP contribution in [0.2, 0.25) is 5.02 Å². The second-order valence-corrected chi connectivity index (χ2v) is 7.10. The van der Waals surface area contributed by atoms with Crippen molar-refractivity contribution in [2.75, 3.05) is 11.9 Å². The van der Waals surface area contributed by atoms with Gasteiger partial charge < -0.3 is 15.4 Å². The van der Waals surface area contributed by atoms with E-state index >= 15 is 0 Å².